The van der Waals surface area contributed by atoms with Crippen molar-refractivity contribution in [1.29, 1.82) is 0 Å². The molecular weight excluding hydrogens is 292 g/mol. The fourth-order valence-corrected chi connectivity index (χ4v) is 3.70. The molecule has 0 bridgehead atoms. The van der Waals surface area contributed by atoms with E-state index in [1.54, 1.807) is 0 Å². The zero-order valence-corrected chi connectivity index (χ0v) is 14.8. The van der Waals surface area contributed by atoms with Crippen LogP contribution in [0.2, 0.25) is 0 Å². The van der Waals surface area contributed by atoms with Crippen molar-refractivity contribution in [3.63, 3.8) is 0 Å². The van der Waals surface area contributed by atoms with Gasteiger partial charge in [-0.05, 0) is 69.0 Å². The van der Waals surface area contributed by atoms with Gasteiger partial charge in [0.2, 0.25) is 5.91 Å². The number of rotatable bonds is 7. The number of thioether (sulfide) groups is 1. The average molecular weight is 321 g/mol. The van der Waals surface area contributed by atoms with Gasteiger partial charge in [0.15, 0.2) is 0 Å². The standard InChI is InChI=1S/C18H28N2OS/c1-4-14(3)22-16-6-7-17(13(2)11-16)20-18(21)8-5-15-9-10-19-12-15/h6-7,11,14-15,19H,4-5,8-10,12H2,1-3H3,(H,20,21). The summed E-state index contributed by atoms with van der Waals surface area (Å²) in [7, 11) is 0. The van der Waals surface area contributed by atoms with E-state index >= 15 is 0 Å². The van der Waals surface area contributed by atoms with Crippen molar-refractivity contribution in [3.8, 4) is 0 Å². The Balaban J connectivity index is 1.84. The summed E-state index contributed by atoms with van der Waals surface area (Å²) < 4.78 is 0. The summed E-state index contributed by atoms with van der Waals surface area (Å²) in [4.78, 5) is 13.4. The van der Waals surface area contributed by atoms with Gasteiger partial charge in [-0.25, -0.2) is 0 Å². The summed E-state index contributed by atoms with van der Waals surface area (Å²) in [6.07, 6.45) is 3.97. The van der Waals surface area contributed by atoms with Crippen LogP contribution in [0.4, 0.5) is 5.69 Å². The highest BCUT2D eigenvalue weighted by atomic mass is 32.2. The number of hydrogen-bond acceptors (Lipinski definition) is 3. The van der Waals surface area contributed by atoms with Gasteiger partial charge in [-0.3, -0.25) is 4.79 Å². The fourth-order valence-electron chi connectivity index (χ4n) is 2.67. The zero-order valence-electron chi connectivity index (χ0n) is 13.9. The highest BCUT2D eigenvalue weighted by molar-refractivity contribution is 7.99. The third kappa shape index (κ3) is 5.33. The second kappa shape index (κ2) is 8.59. The molecule has 1 aliphatic heterocycles. The zero-order chi connectivity index (χ0) is 15.9. The first-order valence-corrected chi connectivity index (χ1v) is 9.24. The largest absolute Gasteiger partial charge is 0.326 e. The lowest BCUT2D eigenvalue weighted by Gasteiger charge is -2.13. The lowest BCUT2D eigenvalue weighted by atomic mass is 10.0. The predicted molar refractivity (Wildman–Crippen MR) is 95.6 cm³/mol. The number of carbonyl (C=O) groups excluding carboxylic acids is 1. The molecule has 1 fully saturated rings. The summed E-state index contributed by atoms with van der Waals surface area (Å²) >= 11 is 1.89. The van der Waals surface area contributed by atoms with Crippen LogP contribution in [0.15, 0.2) is 23.1 Å². The molecule has 1 aromatic carbocycles. The van der Waals surface area contributed by atoms with Gasteiger partial charge in [-0.2, -0.15) is 0 Å². The maximum Gasteiger partial charge on any atom is 0.224 e. The van der Waals surface area contributed by atoms with Crippen LogP contribution < -0.4 is 10.6 Å². The van der Waals surface area contributed by atoms with Crippen LogP contribution in [0.3, 0.4) is 0 Å². The lowest BCUT2D eigenvalue weighted by Crippen LogP contribution is -2.15. The molecule has 0 saturated carbocycles. The van der Waals surface area contributed by atoms with Crippen molar-refractivity contribution in [2.45, 2.75) is 56.6 Å². The summed E-state index contributed by atoms with van der Waals surface area (Å²) in [5.41, 5.74) is 2.09. The summed E-state index contributed by atoms with van der Waals surface area (Å²) in [5, 5.41) is 7.03. The molecule has 122 valence electrons. The molecule has 1 aromatic rings. The van der Waals surface area contributed by atoms with Gasteiger partial charge in [0.05, 0.1) is 0 Å². The normalized spacial score (nSPS) is 19.1. The molecule has 4 heteroatoms. The Morgan fingerprint density at radius 2 is 2.32 bits per heavy atom. The van der Waals surface area contributed by atoms with Crippen LogP contribution in [0, 0.1) is 12.8 Å². The molecule has 22 heavy (non-hydrogen) atoms. The van der Waals surface area contributed by atoms with E-state index in [2.05, 4.69) is 43.5 Å². The van der Waals surface area contributed by atoms with Gasteiger partial charge in [-0.15, -0.1) is 11.8 Å². The molecule has 2 rings (SSSR count). The maximum absolute atomic E-state index is 12.1. The first-order valence-electron chi connectivity index (χ1n) is 8.36. The first-order chi connectivity index (χ1) is 10.6. The summed E-state index contributed by atoms with van der Waals surface area (Å²) in [6, 6.07) is 6.32. The topological polar surface area (TPSA) is 41.1 Å². The van der Waals surface area contributed by atoms with Crippen molar-refractivity contribution in [2.75, 3.05) is 18.4 Å². The molecule has 0 spiro atoms. The van der Waals surface area contributed by atoms with E-state index in [-0.39, 0.29) is 5.91 Å². The minimum absolute atomic E-state index is 0.136. The third-order valence-electron chi connectivity index (χ3n) is 4.33. The number of amides is 1. The molecule has 1 aliphatic rings. The Morgan fingerprint density at radius 1 is 1.50 bits per heavy atom. The molecular formula is C18H28N2OS. The molecule has 0 aliphatic carbocycles. The predicted octanol–water partition coefficient (Wildman–Crippen LogP) is 4.21. The number of hydrogen-bond donors (Lipinski definition) is 2. The Bertz CT molecular complexity index is 498. The monoisotopic (exact) mass is 320 g/mol. The van der Waals surface area contributed by atoms with E-state index in [4.69, 9.17) is 0 Å². The molecule has 0 radical (unpaired) electrons. The molecule has 3 nitrogen and oxygen atoms in total. The average Bonchev–Trinajstić information content (AvgIpc) is 3.01. The highest BCUT2D eigenvalue weighted by Crippen LogP contribution is 2.28. The minimum Gasteiger partial charge on any atom is -0.326 e. The highest BCUT2D eigenvalue weighted by Gasteiger charge is 2.16. The Hall–Kier alpha value is -1.00. The van der Waals surface area contributed by atoms with E-state index in [1.807, 2.05) is 17.8 Å². The van der Waals surface area contributed by atoms with E-state index in [9.17, 15) is 4.79 Å². The van der Waals surface area contributed by atoms with E-state index in [0.29, 0.717) is 17.6 Å². The molecule has 0 aromatic heterocycles. The second-order valence-electron chi connectivity index (χ2n) is 6.26. The SMILES string of the molecule is CCC(C)Sc1ccc(NC(=O)CCC2CCNC2)c(C)c1. The Labute approximate surface area is 138 Å². The smallest absolute Gasteiger partial charge is 0.224 e. The maximum atomic E-state index is 12.1. The van der Waals surface area contributed by atoms with E-state index in [0.717, 1.165) is 37.2 Å². The van der Waals surface area contributed by atoms with Crippen molar-refractivity contribution >= 4 is 23.4 Å². The van der Waals surface area contributed by atoms with Gasteiger partial charge >= 0.3 is 0 Å². The van der Waals surface area contributed by atoms with Crippen molar-refractivity contribution in [1.82, 2.24) is 5.32 Å². The van der Waals surface area contributed by atoms with Crippen LogP contribution in [-0.2, 0) is 4.79 Å². The van der Waals surface area contributed by atoms with Crippen LogP contribution in [0.5, 0.6) is 0 Å². The van der Waals surface area contributed by atoms with Crippen molar-refractivity contribution < 1.29 is 4.79 Å². The minimum atomic E-state index is 0.136. The van der Waals surface area contributed by atoms with Gasteiger partial charge < -0.3 is 10.6 Å². The Kier molecular flexibility index (Phi) is 6.77. The molecule has 2 unspecified atom stereocenters. The number of aryl methyl sites for hydroxylation is 1. The van der Waals surface area contributed by atoms with E-state index in [1.165, 1.54) is 11.3 Å². The van der Waals surface area contributed by atoms with Crippen LogP contribution in [0.1, 0.15) is 45.1 Å². The second-order valence-corrected chi connectivity index (χ2v) is 7.77. The number of anilines is 1. The van der Waals surface area contributed by atoms with Crippen LogP contribution >= 0.6 is 11.8 Å². The van der Waals surface area contributed by atoms with Crippen molar-refractivity contribution in [3.05, 3.63) is 23.8 Å². The molecule has 1 amide bonds. The lowest BCUT2D eigenvalue weighted by molar-refractivity contribution is -0.116. The summed E-state index contributed by atoms with van der Waals surface area (Å²) in [5.74, 6) is 0.804. The number of nitrogens with one attached hydrogen (secondary N) is 2. The molecule has 2 atom stereocenters. The van der Waals surface area contributed by atoms with Crippen LogP contribution in [-0.4, -0.2) is 24.2 Å². The summed E-state index contributed by atoms with van der Waals surface area (Å²) in [6.45, 7) is 8.68. The number of benzene rings is 1. The quantitative estimate of drug-likeness (QED) is 0.739. The van der Waals surface area contributed by atoms with Crippen molar-refractivity contribution in [2.24, 2.45) is 5.92 Å². The van der Waals surface area contributed by atoms with E-state index < -0.39 is 0 Å². The van der Waals surface area contributed by atoms with Gasteiger partial charge in [0.1, 0.15) is 0 Å². The van der Waals surface area contributed by atoms with Gasteiger partial charge in [0.25, 0.3) is 0 Å². The van der Waals surface area contributed by atoms with Gasteiger partial charge in [-0.1, -0.05) is 13.8 Å². The number of carbonyl (C=O) groups is 1. The first kappa shape index (κ1) is 17.4. The fraction of sp³-hybridized carbons (Fsp3) is 0.611. The molecule has 1 heterocycles. The molecule has 1 saturated heterocycles. The molecule has 2 N–H and O–H groups in total. The van der Waals surface area contributed by atoms with Crippen LogP contribution in [0.25, 0.3) is 0 Å². The Morgan fingerprint density at radius 3 is 2.95 bits per heavy atom. The van der Waals surface area contributed by atoms with Gasteiger partial charge in [0, 0.05) is 22.3 Å². The third-order valence-corrected chi connectivity index (χ3v) is 5.59.